The topological polar surface area (TPSA) is 243 Å². The molecule has 0 bridgehead atoms. The van der Waals surface area contributed by atoms with Crippen LogP contribution in [0.5, 0.6) is 0 Å². The van der Waals surface area contributed by atoms with E-state index in [9.17, 15) is 40.8 Å². The van der Waals surface area contributed by atoms with Gasteiger partial charge in [-0.05, 0) is 85.0 Å². The maximum atomic E-state index is 13.1. The van der Waals surface area contributed by atoms with Gasteiger partial charge in [0.1, 0.15) is 16.7 Å². The number of hydrogen-bond acceptors (Lipinski definition) is 13. The molecule has 0 unspecified atom stereocenters. The molecule has 0 heterocycles. The summed E-state index contributed by atoms with van der Waals surface area (Å²) in [5.74, 6) is -2.10. The third-order valence-electron chi connectivity index (χ3n) is 13.9. The fraction of sp³-hybridized carbons (Fsp3) is 0.816. The summed E-state index contributed by atoms with van der Waals surface area (Å²) in [5.41, 5.74) is 2.79. The average molecular weight is 985 g/mol. The molecule has 0 saturated heterocycles. The number of amides is 3. The Morgan fingerprint density at radius 3 is 1.25 bits per heavy atom. The first-order chi connectivity index (χ1) is 31.5. The van der Waals surface area contributed by atoms with Crippen molar-refractivity contribution in [3.63, 3.8) is 0 Å². The van der Waals surface area contributed by atoms with Gasteiger partial charge in [-0.2, -0.15) is 0 Å². The summed E-state index contributed by atoms with van der Waals surface area (Å²) in [5, 5.41) is 2.59. The van der Waals surface area contributed by atoms with Crippen LogP contribution >= 0.6 is 0 Å². The van der Waals surface area contributed by atoms with Gasteiger partial charge in [-0.15, -0.1) is 13.2 Å². The zero-order chi connectivity index (χ0) is 50.0. The van der Waals surface area contributed by atoms with Crippen LogP contribution in [0.2, 0.25) is 0 Å². The van der Waals surface area contributed by atoms with Crippen LogP contribution in [-0.4, -0.2) is 87.1 Å². The third kappa shape index (κ3) is 18.1. The minimum Gasteiger partial charge on any atom is -0.469 e. The molecule has 67 heavy (non-hydrogen) atoms. The molecule has 16 nitrogen and oxygen atoms in total. The normalized spacial score (nSPS) is 23.0. The molecular weight excluding hydrogens is 901 g/mol. The van der Waals surface area contributed by atoms with Crippen molar-refractivity contribution in [1.29, 1.82) is 0 Å². The molecule has 4 fully saturated rings. The molecule has 3 amide bonds. The molecule has 0 radical (unpaired) electrons. The second-order valence-corrected chi connectivity index (χ2v) is 24.6. The predicted molar refractivity (Wildman–Crippen MR) is 259 cm³/mol. The third-order valence-corrected chi connectivity index (χ3v) is 18.3. The van der Waals surface area contributed by atoms with Crippen LogP contribution in [0.4, 0.5) is 4.79 Å². The fourth-order valence-electron chi connectivity index (χ4n) is 8.72. The lowest BCUT2D eigenvalue weighted by Crippen LogP contribution is -2.54. The molecule has 4 aliphatic rings. The molecule has 0 aromatic rings. The number of hydrogen-bond donors (Lipinski definition) is 4. The Hall–Kier alpha value is -3.51. The Morgan fingerprint density at radius 2 is 0.940 bits per heavy atom. The van der Waals surface area contributed by atoms with Crippen molar-refractivity contribution in [1.82, 2.24) is 14.8 Å². The van der Waals surface area contributed by atoms with Crippen molar-refractivity contribution in [2.24, 2.45) is 17.6 Å². The first-order valence-corrected chi connectivity index (χ1v) is 27.8. The number of carbonyl (C=O) groups excluding carboxylic acids is 5. The second kappa shape index (κ2) is 25.9. The molecule has 0 aromatic carbocycles. The standard InChI is InChI=1S/C27H46N2O7S.C22H38N2O5S/c1-6-21-20-27(21,28-24(32)36-25(2,3)4)23(31)29-37(33,34)26(18-19-26)17-15-13-11-9-7-8-10-12-14-16-22(30)35-5;1-3-18-17-22(18,23)20(26)24-30(27,28)21(15-16-21)14-12-10-8-6-4-5-7-9-11-13-19(25)29-2/h6,21H,1,7-20H2,2-5H3,(H,28,32)(H,29,31);3,18H,1,4-17,23H2,2H3,(H,24,26)/t21-,27-;18-,22-/m11/s1. The lowest BCUT2D eigenvalue weighted by atomic mass is 10.0. The van der Waals surface area contributed by atoms with Gasteiger partial charge >= 0.3 is 18.0 Å². The van der Waals surface area contributed by atoms with Crippen molar-refractivity contribution in [2.45, 2.75) is 227 Å². The molecule has 0 aliphatic heterocycles. The number of nitrogens with two attached hydrogens (primary N) is 1. The summed E-state index contributed by atoms with van der Waals surface area (Å²) in [7, 11) is -4.73. The van der Waals surface area contributed by atoms with Crippen LogP contribution in [0.3, 0.4) is 0 Å². The minimum absolute atomic E-state index is 0.138. The van der Waals surface area contributed by atoms with E-state index in [1.54, 1.807) is 32.9 Å². The quantitative estimate of drug-likeness (QED) is 0.0210. The SMILES string of the molecule is C=C[C@@H]1C[C@]1(N)C(=O)NS(=O)(=O)C1(CCCCCCCCCCCC(=O)OC)CC1.C=C[C@@H]1C[C@]1(NC(=O)OC(C)(C)C)C(=O)NS(=O)(=O)C1(CCCCCCCCCCCC(=O)OC)CC1. The average Bonchev–Trinajstić information content (AvgIpc) is 4.08. The highest BCUT2D eigenvalue weighted by Crippen LogP contribution is 2.50. The Kier molecular flexibility index (Phi) is 22.4. The van der Waals surface area contributed by atoms with E-state index in [4.69, 9.17) is 10.5 Å². The number of alkyl carbamates (subject to hydrolysis) is 1. The number of unbranched alkanes of at least 4 members (excludes halogenated alkanes) is 16. The summed E-state index contributed by atoms with van der Waals surface area (Å²) >= 11 is 0. The van der Waals surface area contributed by atoms with E-state index < -0.39 is 64.1 Å². The van der Waals surface area contributed by atoms with Gasteiger partial charge in [0.05, 0.1) is 23.7 Å². The number of rotatable bonds is 33. The van der Waals surface area contributed by atoms with Crippen LogP contribution in [0.25, 0.3) is 0 Å². The fourth-order valence-corrected chi connectivity index (χ4v) is 12.1. The highest BCUT2D eigenvalue weighted by molar-refractivity contribution is 7.92. The van der Waals surface area contributed by atoms with E-state index in [-0.39, 0.29) is 30.2 Å². The van der Waals surface area contributed by atoms with Crippen molar-refractivity contribution < 1.29 is 55.0 Å². The predicted octanol–water partition coefficient (Wildman–Crippen LogP) is 8.23. The van der Waals surface area contributed by atoms with Gasteiger partial charge in [0.2, 0.25) is 20.0 Å². The Bertz CT molecular complexity index is 1910. The summed E-state index contributed by atoms with van der Waals surface area (Å²) in [6.45, 7) is 12.5. The van der Waals surface area contributed by atoms with E-state index in [0.29, 0.717) is 57.8 Å². The van der Waals surface area contributed by atoms with Crippen LogP contribution in [0, 0.1) is 11.8 Å². The zero-order valence-electron chi connectivity index (χ0n) is 41.3. The first kappa shape index (κ1) is 57.8. The van der Waals surface area contributed by atoms with Gasteiger partial charge in [0, 0.05) is 24.7 Å². The lowest BCUT2D eigenvalue weighted by Gasteiger charge is -2.24. The monoisotopic (exact) mass is 985 g/mol. The number of ether oxygens (including phenoxy) is 3. The van der Waals surface area contributed by atoms with Gasteiger partial charge in [0.25, 0.3) is 11.8 Å². The number of sulfonamides is 2. The van der Waals surface area contributed by atoms with Crippen LogP contribution < -0.4 is 20.5 Å². The largest absolute Gasteiger partial charge is 0.469 e. The molecule has 384 valence electrons. The first-order valence-electron chi connectivity index (χ1n) is 24.8. The smallest absolute Gasteiger partial charge is 0.408 e. The van der Waals surface area contributed by atoms with Gasteiger partial charge in [0.15, 0.2) is 0 Å². The summed E-state index contributed by atoms with van der Waals surface area (Å²) in [4.78, 5) is 59.7. The minimum atomic E-state index is -3.87. The Balaban J connectivity index is 0.000000363. The molecule has 0 aromatic heterocycles. The van der Waals surface area contributed by atoms with Crippen molar-refractivity contribution in [3.05, 3.63) is 25.3 Å². The number of carbonyl (C=O) groups is 5. The lowest BCUT2D eigenvalue weighted by molar-refractivity contribution is -0.141. The van der Waals surface area contributed by atoms with Crippen LogP contribution in [0.15, 0.2) is 25.3 Å². The summed E-state index contributed by atoms with van der Waals surface area (Å²) in [6.07, 6.45) is 26.3. The molecule has 4 saturated carbocycles. The molecule has 4 atom stereocenters. The summed E-state index contributed by atoms with van der Waals surface area (Å²) in [6, 6.07) is 0. The van der Waals surface area contributed by atoms with Gasteiger partial charge in [-0.25, -0.2) is 21.6 Å². The second-order valence-electron chi connectivity index (χ2n) is 20.5. The van der Waals surface area contributed by atoms with E-state index in [1.165, 1.54) is 20.6 Å². The molecule has 4 aliphatic carbocycles. The highest BCUT2D eigenvalue weighted by Gasteiger charge is 2.63. The number of esters is 2. The Labute approximate surface area is 402 Å². The molecule has 0 spiro atoms. The van der Waals surface area contributed by atoms with E-state index in [1.807, 2.05) is 0 Å². The van der Waals surface area contributed by atoms with Crippen molar-refractivity contribution in [3.8, 4) is 0 Å². The highest BCUT2D eigenvalue weighted by atomic mass is 32.2. The van der Waals surface area contributed by atoms with Crippen molar-refractivity contribution in [2.75, 3.05) is 14.2 Å². The summed E-state index contributed by atoms with van der Waals surface area (Å²) < 4.78 is 69.1. The number of nitrogens with one attached hydrogen (secondary N) is 3. The van der Waals surface area contributed by atoms with Gasteiger partial charge in [-0.3, -0.25) is 28.6 Å². The van der Waals surface area contributed by atoms with Crippen molar-refractivity contribution >= 4 is 49.9 Å². The molecule has 18 heteroatoms. The Morgan fingerprint density at radius 1 is 0.582 bits per heavy atom. The maximum Gasteiger partial charge on any atom is 0.408 e. The molecule has 4 rings (SSSR count). The molecular formula is C49H84N4O12S2. The van der Waals surface area contributed by atoms with E-state index in [2.05, 4.69) is 37.4 Å². The number of methoxy groups -OCH3 is 2. The van der Waals surface area contributed by atoms with E-state index >= 15 is 0 Å². The van der Waals surface area contributed by atoms with E-state index in [0.717, 1.165) is 109 Å². The van der Waals surface area contributed by atoms with Gasteiger partial charge < -0.3 is 25.3 Å². The maximum absolute atomic E-state index is 13.1. The molecule has 5 N–H and O–H groups in total. The zero-order valence-corrected chi connectivity index (χ0v) is 42.9. The van der Waals surface area contributed by atoms with Gasteiger partial charge in [-0.1, -0.05) is 115 Å². The van der Waals surface area contributed by atoms with Crippen LogP contribution in [0.1, 0.15) is 201 Å². The van der Waals surface area contributed by atoms with Crippen LogP contribution in [-0.2, 0) is 53.4 Å².